The van der Waals surface area contributed by atoms with Crippen molar-refractivity contribution in [3.63, 3.8) is 0 Å². The van der Waals surface area contributed by atoms with Gasteiger partial charge in [-0.15, -0.1) is 0 Å². The molecule has 1 atom stereocenters. The lowest BCUT2D eigenvalue weighted by Gasteiger charge is -2.17. The monoisotopic (exact) mass is 288 g/mol. The van der Waals surface area contributed by atoms with Crippen LogP contribution < -0.4 is 10.6 Å². The fourth-order valence-corrected chi connectivity index (χ4v) is 1.56. The van der Waals surface area contributed by atoms with Crippen LogP contribution in [0, 0.1) is 11.8 Å². The van der Waals surface area contributed by atoms with E-state index in [1.165, 1.54) is 0 Å². The molecule has 3 N–H and O–H groups in total. The molecule has 0 heterocycles. The summed E-state index contributed by atoms with van der Waals surface area (Å²) in [5.74, 6) is -0.212. The van der Waals surface area contributed by atoms with Crippen molar-refractivity contribution >= 4 is 12.0 Å². The molecule has 0 unspecified atom stereocenters. The molecular formula is C14H28N2O4. The van der Waals surface area contributed by atoms with Crippen LogP contribution in [-0.4, -0.2) is 42.9 Å². The summed E-state index contributed by atoms with van der Waals surface area (Å²) < 4.78 is 5.35. The zero-order chi connectivity index (χ0) is 15.5. The van der Waals surface area contributed by atoms with Crippen LogP contribution >= 0.6 is 0 Å². The Hall–Kier alpha value is -1.30. The largest absolute Gasteiger partial charge is 0.480 e. The minimum Gasteiger partial charge on any atom is -0.480 e. The number of ether oxygens (including phenoxy) is 1. The fourth-order valence-electron chi connectivity index (χ4n) is 1.56. The van der Waals surface area contributed by atoms with Crippen molar-refractivity contribution in [2.45, 2.75) is 46.6 Å². The third kappa shape index (κ3) is 10.6. The van der Waals surface area contributed by atoms with E-state index in [9.17, 15) is 9.59 Å². The number of hydrogen-bond acceptors (Lipinski definition) is 3. The average molecular weight is 288 g/mol. The first-order valence-electron chi connectivity index (χ1n) is 7.17. The van der Waals surface area contributed by atoms with E-state index >= 15 is 0 Å². The van der Waals surface area contributed by atoms with Gasteiger partial charge < -0.3 is 20.5 Å². The van der Waals surface area contributed by atoms with Crippen LogP contribution in [0.2, 0.25) is 0 Å². The molecule has 20 heavy (non-hydrogen) atoms. The second kappa shape index (κ2) is 10.5. The van der Waals surface area contributed by atoms with Crippen LogP contribution in [0.4, 0.5) is 4.79 Å². The Morgan fingerprint density at radius 3 is 2.25 bits per heavy atom. The molecule has 6 heteroatoms. The molecular weight excluding hydrogens is 260 g/mol. The highest BCUT2D eigenvalue weighted by Crippen LogP contribution is 2.04. The number of nitrogens with one attached hydrogen (secondary N) is 2. The second-order valence-electron chi connectivity index (χ2n) is 5.72. The van der Waals surface area contributed by atoms with Crippen LogP contribution in [-0.2, 0) is 9.53 Å². The Labute approximate surface area is 121 Å². The highest BCUT2D eigenvalue weighted by atomic mass is 16.5. The van der Waals surface area contributed by atoms with Crippen molar-refractivity contribution < 1.29 is 19.4 Å². The molecule has 0 saturated heterocycles. The van der Waals surface area contributed by atoms with Crippen LogP contribution in [0.1, 0.15) is 40.5 Å². The van der Waals surface area contributed by atoms with Gasteiger partial charge >= 0.3 is 12.0 Å². The summed E-state index contributed by atoms with van der Waals surface area (Å²) in [7, 11) is 0. The maximum absolute atomic E-state index is 11.5. The van der Waals surface area contributed by atoms with Crippen molar-refractivity contribution in [1.29, 1.82) is 0 Å². The Bertz CT molecular complexity index is 293. The number of carbonyl (C=O) groups is 2. The molecule has 0 radical (unpaired) electrons. The Morgan fingerprint density at radius 1 is 1.10 bits per heavy atom. The van der Waals surface area contributed by atoms with E-state index in [4.69, 9.17) is 9.84 Å². The molecule has 6 nitrogen and oxygen atoms in total. The van der Waals surface area contributed by atoms with Gasteiger partial charge in [0.2, 0.25) is 0 Å². The number of carbonyl (C=O) groups excluding carboxylic acids is 1. The van der Waals surface area contributed by atoms with E-state index in [0.717, 1.165) is 6.42 Å². The van der Waals surface area contributed by atoms with Crippen molar-refractivity contribution in [3.05, 3.63) is 0 Å². The predicted octanol–water partition coefficient (Wildman–Crippen LogP) is 1.85. The molecule has 0 saturated carbocycles. The van der Waals surface area contributed by atoms with Crippen molar-refractivity contribution in [2.75, 3.05) is 19.8 Å². The number of urea groups is 1. The zero-order valence-electron chi connectivity index (χ0n) is 12.9. The van der Waals surface area contributed by atoms with Crippen LogP contribution in [0.5, 0.6) is 0 Å². The molecule has 0 aliphatic rings. The lowest BCUT2D eigenvalue weighted by molar-refractivity contribution is -0.139. The summed E-state index contributed by atoms with van der Waals surface area (Å²) in [6, 6.07) is -1.32. The summed E-state index contributed by atoms with van der Waals surface area (Å²) in [4.78, 5) is 22.5. The topological polar surface area (TPSA) is 87.7 Å². The lowest BCUT2D eigenvalue weighted by atomic mass is 10.0. The summed E-state index contributed by atoms with van der Waals surface area (Å²) in [5, 5.41) is 14.0. The van der Waals surface area contributed by atoms with E-state index in [1.54, 1.807) is 0 Å². The van der Waals surface area contributed by atoms with Gasteiger partial charge in [0.25, 0.3) is 0 Å². The molecule has 0 aliphatic heterocycles. The van der Waals surface area contributed by atoms with Crippen LogP contribution in [0.25, 0.3) is 0 Å². The molecule has 0 aromatic carbocycles. The van der Waals surface area contributed by atoms with Gasteiger partial charge in [-0.2, -0.15) is 0 Å². The first kappa shape index (κ1) is 18.7. The normalized spacial score (nSPS) is 12.5. The standard InChI is InChI=1S/C14H28N2O4/c1-10(2)5-7-20-8-6-15-14(19)16-12(13(17)18)9-11(3)4/h10-12H,5-9H2,1-4H3,(H,17,18)(H2,15,16,19)/t12-/m1/s1. The van der Waals surface area contributed by atoms with Gasteiger partial charge in [-0.3, -0.25) is 0 Å². The number of aliphatic carboxylic acids is 1. The third-order valence-corrected chi connectivity index (χ3v) is 2.68. The molecule has 118 valence electrons. The van der Waals surface area contributed by atoms with E-state index in [-0.39, 0.29) is 5.92 Å². The maximum atomic E-state index is 11.5. The highest BCUT2D eigenvalue weighted by molar-refractivity contribution is 5.82. The predicted molar refractivity (Wildman–Crippen MR) is 77.7 cm³/mol. The summed E-state index contributed by atoms with van der Waals surface area (Å²) in [5.41, 5.74) is 0. The number of carboxylic acid groups (broad SMARTS) is 1. The first-order valence-corrected chi connectivity index (χ1v) is 7.17. The lowest BCUT2D eigenvalue weighted by Crippen LogP contribution is -2.47. The summed E-state index contributed by atoms with van der Waals surface area (Å²) in [6.07, 6.45) is 1.40. The second-order valence-corrected chi connectivity index (χ2v) is 5.72. The maximum Gasteiger partial charge on any atom is 0.326 e. The van der Waals surface area contributed by atoms with Crippen molar-refractivity contribution in [2.24, 2.45) is 11.8 Å². The summed E-state index contributed by atoms with van der Waals surface area (Å²) >= 11 is 0. The first-order chi connectivity index (χ1) is 9.32. The van der Waals surface area contributed by atoms with E-state index < -0.39 is 18.0 Å². The van der Waals surface area contributed by atoms with Crippen molar-refractivity contribution in [3.8, 4) is 0 Å². The SMILES string of the molecule is CC(C)CCOCCNC(=O)N[C@H](CC(C)C)C(=O)O. The minimum absolute atomic E-state index is 0.204. The summed E-state index contributed by atoms with van der Waals surface area (Å²) in [6.45, 7) is 9.55. The van der Waals surface area contributed by atoms with Gasteiger partial charge in [0.05, 0.1) is 6.61 Å². The van der Waals surface area contributed by atoms with E-state index in [1.807, 2.05) is 13.8 Å². The van der Waals surface area contributed by atoms with Gasteiger partial charge in [-0.1, -0.05) is 27.7 Å². The number of amides is 2. The molecule has 0 fully saturated rings. The molecule has 0 bridgehead atoms. The van der Waals surface area contributed by atoms with Gasteiger partial charge in [0.15, 0.2) is 0 Å². The number of hydrogen-bond donors (Lipinski definition) is 3. The smallest absolute Gasteiger partial charge is 0.326 e. The molecule has 0 spiro atoms. The van der Waals surface area contributed by atoms with Crippen LogP contribution in [0.3, 0.4) is 0 Å². The van der Waals surface area contributed by atoms with Gasteiger partial charge in [0.1, 0.15) is 6.04 Å². The van der Waals surface area contributed by atoms with Crippen molar-refractivity contribution in [1.82, 2.24) is 10.6 Å². The Morgan fingerprint density at radius 2 is 1.75 bits per heavy atom. The van der Waals surface area contributed by atoms with E-state index in [0.29, 0.717) is 32.1 Å². The number of rotatable bonds is 10. The number of carboxylic acids is 1. The minimum atomic E-state index is -1.01. The molecule has 0 aromatic heterocycles. The molecule has 0 rings (SSSR count). The Balaban J connectivity index is 3.77. The van der Waals surface area contributed by atoms with Gasteiger partial charge in [-0.25, -0.2) is 9.59 Å². The molecule has 2 amide bonds. The van der Waals surface area contributed by atoms with E-state index in [2.05, 4.69) is 24.5 Å². The van der Waals surface area contributed by atoms with Crippen LogP contribution in [0.15, 0.2) is 0 Å². The fraction of sp³-hybridized carbons (Fsp3) is 0.857. The highest BCUT2D eigenvalue weighted by Gasteiger charge is 2.20. The zero-order valence-corrected chi connectivity index (χ0v) is 12.9. The van der Waals surface area contributed by atoms with Gasteiger partial charge in [-0.05, 0) is 24.7 Å². The quantitative estimate of drug-likeness (QED) is 0.535. The third-order valence-electron chi connectivity index (χ3n) is 2.68. The average Bonchev–Trinajstić information content (AvgIpc) is 2.31. The molecule has 0 aliphatic carbocycles. The Kier molecular flexibility index (Phi) is 9.80. The molecule has 0 aromatic rings. The van der Waals surface area contributed by atoms with Gasteiger partial charge in [0, 0.05) is 13.2 Å².